The Morgan fingerprint density at radius 2 is 1.71 bits per heavy atom. The molecule has 2 aliphatic rings. The Labute approximate surface area is 145 Å². The lowest BCUT2D eigenvalue weighted by molar-refractivity contribution is -0.265. The molecule has 1 saturated heterocycles. The number of nitrogens with zero attached hydrogens (tertiary/aromatic N) is 1. The van der Waals surface area contributed by atoms with Crippen molar-refractivity contribution in [2.75, 3.05) is 19.8 Å². The first-order chi connectivity index (χ1) is 11.3. The maximum absolute atomic E-state index is 13.1. The molecule has 0 bridgehead atoms. The van der Waals surface area contributed by atoms with Gasteiger partial charge in [0, 0.05) is 30.0 Å². The summed E-state index contributed by atoms with van der Waals surface area (Å²) in [6.45, 7) is 12.0. The van der Waals surface area contributed by atoms with Crippen LogP contribution in [0.4, 0.5) is 4.39 Å². The van der Waals surface area contributed by atoms with Gasteiger partial charge >= 0.3 is 0 Å². The predicted octanol–water partition coefficient (Wildman–Crippen LogP) is 4.22. The standard InChI is InChI=1S/C20H30FNO2/c1-19(2)13-23-18(24-14-19)20(3,4)12-22(17-9-10-17)11-15-5-7-16(21)8-6-15/h5-8,17-18H,9-14H2,1-4H3. The highest BCUT2D eigenvalue weighted by Crippen LogP contribution is 2.36. The smallest absolute Gasteiger partial charge is 0.163 e. The zero-order valence-electron chi connectivity index (χ0n) is 15.3. The minimum Gasteiger partial charge on any atom is -0.351 e. The van der Waals surface area contributed by atoms with Crippen molar-refractivity contribution in [2.45, 2.75) is 59.4 Å². The van der Waals surface area contributed by atoms with Gasteiger partial charge in [0.1, 0.15) is 5.82 Å². The second-order valence-electron chi connectivity index (χ2n) is 8.87. The van der Waals surface area contributed by atoms with Crippen molar-refractivity contribution in [1.29, 1.82) is 0 Å². The van der Waals surface area contributed by atoms with E-state index in [0.29, 0.717) is 6.04 Å². The summed E-state index contributed by atoms with van der Waals surface area (Å²) in [5, 5.41) is 0. The van der Waals surface area contributed by atoms with Gasteiger partial charge < -0.3 is 9.47 Å². The molecule has 1 aromatic rings. The lowest BCUT2D eigenvalue weighted by Gasteiger charge is -2.43. The normalized spacial score (nSPS) is 22.1. The Balaban J connectivity index is 1.63. The number of benzene rings is 1. The van der Waals surface area contributed by atoms with Gasteiger partial charge in [-0.05, 0) is 30.5 Å². The fraction of sp³-hybridized carbons (Fsp3) is 0.700. The molecule has 0 spiro atoms. The SMILES string of the molecule is CC1(C)COC(C(C)(C)CN(Cc2ccc(F)cc2)C2CC2)OC1. The van der Waals surface area contributed by atoms with Crippen molar-refractivity contribution in [2.24, 2.45) is 10.8 Å². The highest BCUT2D eigenvalue weighted by Gasteiger charge is 2.41. The molecule has 24 heavy (non-hydrogen) atoms. The van der Waals surface area contributed by atoms with Crippen molar-refractivity contribution in [3.8, 4) is 0 Å². The second kappa shape index (κ2) is 6.74. The third-order valence-corrected chi connectivity index (χ3v) is 4.86. The number of ether oxygens (including phenoxy) is 2. The molecule has 4 heteroatoms. The highest BCUT2D eigenvalue weighted by molar-refractivity contribution is 5.16. The van der Waals surface area contributed by atoms with Crippen LogP contribution in [-0.4, -0.2) is 37.0 Å². The Morgan fingerprint density at radius 3 is 2.25 bits per heavy atom. The molecule has 0 radical (unpaired) electrons. The van der Waals surface area contributed by atoms with E-state index < -0.39 is 0 Å². The second-order valence-corrected chi connectivity index (χ2v) is 8.87. The maximum atomic E-state index is 13.1. The summed E-state index contributed by atoms with van der Waals surface area (Å²) in [6.07, 6.45) is 2.33. The maximum Gasteiger partial charge on any atom is 0.163 e. The first kappa shape index (κ1) is 17.8. The molecule has 1 heterocycles. The van der Waals surface area contributed by atoms with Crippen LogP contribution in [0.3, 0.4) is 0 Å². The first-order valence-corrected chi connectivity index (χ1v) is 8.97. The molecular formula is C20H30FNO2. The van der Waals surface area contributed by atoms with Crippen LogP contribution in [0.2, 0.25) is 0 Å². The van der Waals surface area contributed by atoms with Crippen LogP contribution < -0.4 is 0 Å². The van der Waals surface area contributed by atoms with Gasteiger partial charge in [0.25, 0.3) is 0 Å². The van der Waals surface area contributed by atoms with E-state index >= 15 is 0 Å². The molecule has 134 valence electrons. The topological polar surface area (TPSA) is 21.7 Å². The Hall–Kier alpha value is -0.970. The van der Waals surface area contributed by atoms with Crippen LogP contribution in [0.15, 0.2) is 24.3 Å². The van der Waals surface area contributed by atoms with Gasteiger partial charge in [-0.15, -0.1) is 0 Å². The zero-order valence-corrected chi connectivity index (χ0v) is 15.3. The van der Waals surface area contributed by atoms with Gasteiger partial charge in [0.2, 0.25) is 0 Å². The molecule has 0 unspecified atom stereocenters. The fourth-order valence-corrected chi connectivity index (χ4v) is 3.32. The van der Waals surface area contributed by atoms with Crippen molar-refractivity contribution >= 4 is 0 Å². The van der Waals surface area contributed by atoms with Crippen LogP contribution in [0.1, 0.15) is 46.1 Å². The van der Waals surface area contributed by atoms with Gasteiger partial charge in [-0.2, -0.15) is 0 Å². The van der Waals surface area contributed by atoms with Crippen molar-refractivity contribution in [1.82, 2.24) is 4.90 Å². The Morgan fingerprint density at radius 1 is 1.12 bits per heavy atom. The van der Waals surface area contributed by atoms with Crippen molar-refractivity contribution in [3.63, 3.8) is 0 Å². The monoisotopic (exact) mass is 335 g/mol. The Kier molecular flexibility index (Phi) is 5.01. The number of hydrogen-bond acceptors (Lipinski definition) is 3. The average Bonchev–Trinajstić information content (AvgIpc) is 3.33. The van der Waals surface area contributed by atoms with Crippen LogP contribution in [0.5, 0.6) is 0 Å². The molecular weight excluding hydrogens is 305 g/mol. The molecule has 0 N–H and O–H groups in total. The van der Waals surface area contributed by atoms with E-state index in [4.69, 9.17) is 9.47 Å². The van der Waals surface area contributed by atoms with Gasteiger partial charge in [-0.3, -0.25) is 4.90 Å². The van der Waals surface area contributed by atoms with Crippen LogP contribution in [0.25, 0.3) is 0 Å². The molecule has 1 saturated carbocycles. The quantitative estimate of drug-likeness (QED) is 0.777. The summed E-state index contributed by atoms with van der Waals surface area (Å²) in [5.41, 5.74) is 1.17. The van der Waals surface area contributed by atoms with Crippen LogP contribution in [0, 0.1) is 16.6 Å². The summed E-state index contributed by atoms with van der Waals surface area (Å²) in [6, 6.07) is 7.48. The van der Waals surface area contributed by atoms with Crippen LogP contribution >= 0.6 is 0 Å². The summed E-state index contributed by atoms with van der Waals surface area (Å²) in [4.78, 5) is 2.50. The van der Waals surface area contributed by atoms with E-state index in [0.717, 1.165) is 31.9 Å². The predicted molar refractivity (Wildman–Crippen MR) is 93.1 cm³/mol. The zero-order chi connectivity index (χ0) is 17.4. The fourth-order valence-electron chi connectivity index (χ4n) is 3.32. The number of halogens is 1. The van der Waals surface area contributed by atoms with E-state index in [9.17, 15) is 4.39 Å². The van der Waals surface area contributed by atoms with E-state index in [1.54, 1.807) is 12.1 Å². The van der Waals surface area contributed by atoms with Gasteiger partial charge in [-0.1, -0.05) is 39.8 Å². The van der Waals surface area contributed by atoms with E-state index in [2.05, 4.69) is 32.6 Å². The first-order valence-electron chi connectivity index (χ1n) is 8.97. The summed E-state index contributed by atoms with van der Waals surface area (Å²) < 4.78 is 25.2. The molecule has 3 rings (SSSR count). The minimum atomic E-state index is -0.177. The van der Waals surface area contributed by atoms with E-state index in [1.165, 1.54) is 12.8 Å². The average molecular weight is 335 g/mol. The molecule has 1 aliphatic heterocycles. The van der Waals surface area contributed by atoms with Crippen LogP contribution in [-0.2, 0) is 16.0 Å². The molecule has 0 amide bonds. The van der Waals surface area contributed by atoms with Crippen molar-refractivity contribution in [3.05, 3.63) is 35.6 Å². The summed E-state index contributed by atoms with van der Waals surface area (Å²) in [7, 11) is 0. The summed E-state index contributed by atoms with van der Waals surface area (Å²) in [5.74, 6) is -0.177. The molecule has 1 aliphatic carbocycles. The summed E-state index contributed by atoms with van der Waals surface area (Å²) >= 11 is 0. The number of hydrogen-bond donors (Lipinski definition) is 0. The third-order valence-electron chi connectivity index (χ3n) is 4.86. The van der Waals surface area contributed by atoms with E-state index in [-0.39, 0.29) is 22.9 Å². The molecule has 0 atom stereocenters. The molecule has 0 aromatic heterocycles. The highest BCUT2D eigenvalue weighted by atomic mass is 19.1. The molecule has 1 aromatic carbocycles. The van der Waals surface area contributed by atoms with Gasteiger partial charge in [0.15, 0.2) is 6.29 Å². The largest absolute Gasteiger partial charge is 0.351 e. The molecule has 3 nitrogen and oxygen atoms in total. The lowest BCUT2D eigenvalue weighted by Crippen LogP contribution is -2.49. The minimum absolute atomic E-state index is 0.0842. The molecule has 2 fully saturated rings. The van der Waals surface area contributed by atoms with Crippen molar-refractivity contribution < 1.29 is 13.9 Å². The van der Waals surface area contributed by atoms with Gasteiger partial charge in [-0.25, -0.2) is 4.39 Å². The number of rotatable bonds is 6. The Bertz CT molecular complexity index is 541. The third kappa shape index (κ3) is 4.56. The lowest BCUT2D eigenvalue weighted by atomic mass is 9.88. The van der Waals surface area contributed by atoms with E-state index in [1.807, 2.05) is 12.1 Å². The van der Waals surface area contributed by atoms with Gasteiger partial charge in [0.05, 0.1) is 13.2 Å².